The first kappa shape index (κ1) is 26.5. The summed E-state index contributed by atoms with van der Waals surface area (Å²) in [6.45, 7) is 0.0608. The smallest absolute Gasteiger partial charge is 0.232 e. The van der Waals surface area contributed by atoms with E-state index < -0.39 is 10.0 Å². The van der Waals surface area contributed by atoms with Crippen molar-refractivity contribution in [2.24, 2.45) is 0 Å². The van der Waals surface area contributed by atoms with E-state index in [9.17, 15) is 18.0 Å². The number of methoxy groups -OCH3 is 1. The van der Waals surface area contributed by atoms with Crippen LogP contribution in [0.2, 0.25) is 10.0 Å². The Balaban J connectivity index is 1.70. The maximum absolute atomic E-state index is 12.9. The Hall–Kier alpha value is -3.07. The van der Waals surface area contributed by atoms with Crippen LogP contribution in [0.25, 0.3) is 0 Å². The van der Waals surface area contributed by atoms with E-state index in [0.29, 0.717) is 27.7 Å². The number of benzene rings is 3. The van der Waals surface area contributed by atoms with Gasteiger partial charge in [0.2, 0.25) is 15.9 Å². The molecule has 0 radical (unpaired) electrons. The van der Waals surface area contributed by atoms with E-state index in [1.807, 2.05) is 0 Å². The van der Waals surface area contributed by atoms with Crippen LogP contribution in [0.15, 0.2) is 66.7 Å². The van der Waals surface area contributed by atoms with Gasteiger partial charge in [-0.1, -0.05) is 53.5 Å². The molecule has 35 heavy (non-hydrogen) atoms. The number of anilines is 2. The monoisotopic (exact) mass is 534 g/mol. The highest BCUT2D eigenvalue weighted by Crippen LogP contribution is 2.30. The number of ether oxygens (including phenoxy) is 1. The highest BCUT2D eigenvalue weighted by molar-refractivity contribution is 7.92. The summed E-state index contributed by atoms with van der Waals surface area (Å²) in [7, 11) is -2.16. The first-order valence-corrected chi connectivity index (χ1v) is 13.2. The van der Waals surface area contributed by atoms with Crippen molar-refractivity contribution in [3.05, 3.63) is 87.9 Å². The standard InChI is InChI=1S/C25H24Cl2N2O5S/c1-34-23-13-11-19(16-21(23)27)29(35(2,32)33)14-6-9-24(30)28-22-12-10-18(26)15-20(22)25(31)17-7-4-3-5-8-17/h3-5,7-8,10-13,15-16H,6,9,14H2,1-2H3,(H,28,30). The first-order valence-electron chi connectivity index (χ1n) is 10.6. The van der Waals surface area contributed by atoms with E-state index in [1.54, 1.807) is 54.6 Å². The van der Waals surface area contributed by atoms with E-state index in [-0.39, 0.29) is 41.7 Å². The summed E-state index contributed by atoms with van der Waals surface area (Å²) >= 11 is 12.2. The van der Waals surface area contributed by atoms with Crippen LogP contribution in [0.5, 0.6) is 5.75 Å². The van der Waals surface area contributed by atoms with Gasteiger partial charge in [-0.15, -0.1) is 0 Å². The third kappa shape index (κ3) is 6.97. The minimum Gasteiger partial charge on any atom is -0.495 e. The van der Waals surface area contributed by atoms with Gasteiger partial charge in [0, 0.05) is 29.1 Å². The molecule has 0 saturated heterocycles. The molecule has 0 heterocycles. The molecule has 0 aliphatic rings. The average Bonchev–Trinajstić information content (AvgIpc) is 2.82. The fraction of sp³-hybridized carbons (Fsp3) is 0.200. The lowest BCUT2D eigenvalue weighted by atomic mass is 10.0. The Kier molecular flexibility index (Phi) is 8.77. The maximum Gasteiger partial charge on any atom is 0.232 e. The van der Waals surface area contributed by atoms with Gasteiger partial charge in [0.1, 0.15) is 5.75 Å². The predicted octanol–water partition coefficient (Wildman–Crippen LogP) is 5.42. The van der Waals surface area contributed by atoms with Gasteiger partial charge in [-0.2, -0.15) is 0 Å². The molecular weight excluding hydrogens is 511 g/mol. The predicted molar refractivity (Wildman–Crippen MR) is 139 cm³/mol. The number of rotatable bonds is 10. The maximum atomic E-state index is 12.9. The summed E-state index contributed by atoms with van der Waals surface area (Å²) in [5, 5.41) is 3.38. The second kappa shape index (κ2) is 11.6. The second-order valence-electron chi connectivity index (χ2n) is 7.69. The fourth-order valence-corrected chi connectivity index (χ4v) is 4.83. The topological polar surface area (TPSA) is 92.8 Å². The van der Waals surface area contributed by atoms with Crippen molar-refractivity contribution in [1.29, 1.82) is 0 Å². The number of nitrogens with zero attached hydrogens (tertiary/aromatic N) is 1. The van der Waals surface area contributed by atoms with Crippen LogP contribution in [-0.2, 0) is 14.8 Å². The quantitative estimate of drug-likeness (QED) is 0.350. The van der Waals surface area contributed by atoms with Gasteiger partial charge < -0.3 is 10.1 Å². The van der Waals surface area contributed by atoms with Crippen molar-refractivity contribution in [1.82, 2.24) is 0 Å². The Morgan fingerprint density at radius 3 is 2.34 bits per heavy atom. The van der Waals surface area contributed by atoms with Crippen LogP contribution < -0.4 is 14.4 Å². The number of hydrogen-bond acceptors (Lipinski definition) is 5. The third-order valence-corrected chi connectivity index (χ3v) is 6.85. The summed E-state index contributed by atoms with van der Waals surface area (Å²) in [4.78, 5) is 25.6. The molecule has 0 unspecified atom stereocenters. The molecule has 0 atom stereocenters. The Labute approximate surface area is 214 Å². The molecule has 7 nitrogen and oxygen atoms in total. The highest BCUT2D eigenvalue weighted by Gasteiger charge is 2.20. The molecule has 0 saturated carbocycles. The molecule has 0 aromatic heterocycles. The number of carbonyl (C=O) groups excluding carboxylic acids is 2. The largest absolute Gasteiger partial charge is 0.495 e. The molecule has 0 aliphatic heterocycles. The van der Waals surface area contributed by atoms with E-state index >= 15 is 0 Å². The van der Waals surface area contributed by atoms with Crippen molar-refractivity contribution in [2.75, 3.05) is 29.5 Å². The minimum atomic E-state index is -3.62. The second-order valence-corrected chi connectivity index (χ2v) is 10.4. The van der Waals surface area contributed by atoms with Gasteiger partial charge >= 0.3 is 0 Å². The fourth-order valence-electron chi connectivity index (χ4n) is 3.45. The summed E-state index contributed by atoms with van der Waals surface area (Å²) in [6.07, 6.45) is 1.34. The van der Waals surface area contributed by atoms with Gasteiger partial charge in [0.15, 0.2) is 5.78 Å². The minimum absolute atomic E-state index is 0.0253. The molecule has 10 heteroatoms. The van der Waals surface area contributed by atoms with E-state index in [2.05, 4.69) is 5.32 Å². The van der Waals surface area contributed by atoms with Crippen molar-refractivity contribution in [3.8, 4) is 5.75 Å². The lowest BCUT2D eigenvalue weighted by molar-refractivity contribution is -0.116. The molecule has 3 aromatic rings. The van der Waals surface area contributed by atoms with Gasteiger partial charge in [-0.3, -0.25) is 13.9 Å². The molecule has 3 aromatic carbocycles. The molecule has 184 valence electrons. The Morgan fingerprint density at radius 1 is 1.00 bits per heavy atom. The Morgan fingerprint density at radius 2 is 1.71 bits per heavy atom. The molecule has 0 bridgehead atoms. The summed E-state index contributed by atoms with van der Waals surface area (Å²) in [5.74, 6) is -0.217. The van der Waals surface area contributed by atoms with Crippen molar-refractivity contribution in [3.63, 3.8) is 0 Å². The number of amides is 1. The van der Waals surface area contributed by atoms with Crippen LogP contribution in [-0.4, -0.2) is 40.0 Å². The zero-order valence-electron chi connectivity index (χ0n) is 19.1. The molecule has 0 spiro atoms. The van der Waals surface area contributed by atoms with Crippen LogP contribution >= 0.6 is 23.2 Å². The average molecular weight is 535 g/mol. The summed E-state index contributed by atoms with van der Waals surface area (Å²) in [5.41, 5.74) is 1.43. The number of hydrogen-bond donors (Lipinski definition) is 1. The molecule has 0 aliphatic carbocycles. The van der Waals surface area contributed by atoms with Gasteiger partial charge in [-0.25, -0.2) is 8.42 Å². The number of ketones is 1. The lowest BCUT2D eigenvalue weighted by Gasteiger charge is -2.23. The summed E-state index contributed by atoms with van der Waals surface area (Å²) < 4.78 is 31.0. The number of nitrogens with one attached hydrogen (secondary N) is 1. The molecule has 1 N–H and O–H groups in total. The summed E-state index contributed by atoms with van der Waals surface area (Å²) in [6, 6.07) is 18.0. The van der Waals surface area contributed by atoms with Crippen LogP contribution in [0.4, 0.5) is 11.4 Å². The molecule has 3 rings (SSSR count). The first-order chi connectivity index (χ1) is 16.6. The van der Waals surface area contributed by atoms with E-state index in [4.69, 9.17) is 27.9 Å². The molecular formula is C25H24Cl2N2O5S. The van der Waals surface area contributed by atoms with Gasteiger partial charge in [0.25, 0.3) is 0 Å². The van der Waals surface area contributed by atoms with Gasteiger partial charge in [-0.05, 0) is 42.8 Å². The van der Waals surface area contributed by atoms with Gasteiger partial charge in [0.05, 0.1) is 29.8 Å². The SMILES string of the molecule is COc1ccc(N(CCCC(=O)Nc2ccc(Cl)cc2C(=O)c2ccccc2)S(C)(=O)=O)cc1Cl. The van der Waals surface area contributed by atoms with Crippen LogP contribution in [0.3, 0.4) is 0 Å². The molecule has 1 amide bonds. The normalized spacial score (nSPS) is 11.1. The van der Waals surface area contributed by atoms with Crippen molar-refractivity contribution in [2.45, 2.75) is 12.8 Å². The number of carbonyl (C=O) groups is 2. The third-order valence-electron chi connectivity index (χ3n) is 5.13. The van der Waals surface area contributed by atoms with E-state index in [0.717, 1.165) is 6.26 Å². The zero-order valence-corrected chi connectivity index (χ0v) is 21.5. The Bertz CT molecular complexity index is 1330. The van der Waals surface area contributed by atoms with Crippen LogP contribution in [0, 0.1) is 0 Å². The van der Waals surface area contributed by atoms with E-state index in [1.165, 1.54) is 23.5 Å². The number of sulfonamides is 1. The zero-order chi connectivity index (χ0) is 25.6. The van der Waals surface area contributed by atoms with Crippen molar-refractivity contribution >= 4 is 56.3 Å². The lowest BCUT2D eigenvalue weighted by Crippen LogP contribution is -2.31. The van der Waals surface area contributed by atoms with Crippen LogP contribution in [0.1, 0.15) is 28.8 Å². The highest BCUT2D eigenvalue weighted by atomic mass is 35.5. The van der Waals surface area contributed by atoms with Crippen molar-refractivity contribution < 1.29 is 22.7 Å². The molecule has 0 fully saturated rings. The number of halogens is 2.